The molecule has 1 saturated heterocycles. The summed E-state index contributed by atoms with van der Waals surface area (Å²) in [5.74, 6) is 0.701. The molecule has 134 valence electrons. The maximum Gasteiger partial charge on any atom is 0.330 e. The topological polar surface area (TPSA) is 35.5 Å². The van der Waals surface area contributed by atoms with Gasteiger partial charge in [-0.3, -0.25) is 0 Å². The Morgan fingerprint density at radius 3 is 2.22 bits per heavy atom. The van der Waals surface area contributed by atoms with E-state index < -0.39 is 0 Å². The van der Waals surface area contributed by atoms with Crippen LogP contribution in [0.4, 0.5) is 0 Å². The highest BCUT2D eigenvalue weighted by Crippen LogP contribution is 2.38. The summed E-state index contributed by atoms with van der Waals surface area (Å²) in [6, 6.07) is 0. The molecule has 1 fully saturated rings. The second kappa shape index (κ2) is 12.9. The fraction of sp³-hybridized carbons (Fsp3) is 0.842. The number of thioether (sulfide) groups is 1. The molecular formula is C19H34O3S. The van der Waals surface area contributed by atoms with Gasteiger partial charge in [0.2, 0.25) is 0 Å². The number of unbranched alkanes of at least 4 members (excludes halogenated alkanes) is 9. The molecule has 1 unspecified atom stereocenters. The molecule has 1 rings (SSSR count). The first-order chi connectivity index (χ1) is 11.2. The lowest BCUT2D eigenvalue weighted by atomic mass is 10.0. The summed E-state index contributed by atoms with van der Waals surface area (Å²) in [5, 5.41) is 0. The first-order valence-electron chi connectivity index (χ1n) is 9.27. The Morgan fingerprint density at radius 1 is 1.09 bits per heavy atom. The number of carbonyl (C=O) groups excluding carboxylic acids is 1. The van der Waals surface area contributed by atoms with Gasteiger partial charge in [-0.15, -0.1) is 11.8 Å². The summed E-state index contributed by atoms with van der Waals surface area (Å²) in [6.07, 6.45) is 17.8. The highest BCUT2D eigenvalue weighted by Gasteiger charge is 2.32. The van der Waals surface area contributed by atoms with Crippen LogP contribution in [0.3, 0.4) is 0 Å². The summed E-state index contributed by atoms with van der Waals surface area (Å²) < 4.78 is 10.6. The summed E-state index contributed by atoms with van der Waals surface area (Å²) in [7, 11) is 1.41. The van der Waals surface area contributed by atoms with Crippen molar-refractivity contribution in [3.8, 4) is 0 Å². The number of methoxy groups -OCH3 is 1. The molecule has 0 aromatic heterocycles. The maximum atomic E-state index is 11.3. The smallest absolute Gasteiger partial charge is 0.330 e. The van der Waals surface area contributed by atoms with Crippen LogP contribution in [0, 0.1) is 0 Å². The molecule has 3 nitrogen and oxygen atoms in total. The summed E-state index contributed by atoms with van der Waals surface area (Å²) in [5.41, 5.74) is 0. The zero-order chi connectivity index (χ0) is 16.8. The van der Waals surface area contributed by atoms with Gasteiger partial charge in [-0.1, -0.05) is 64.7 Å². The van der Waals surface area contributed by atoms with Gasteiger partial charge in [-0.25, -0.2) is 4.79 Å². The summed E-state index contributed by atoms with van der Waals surface area (Å²) in [6.45, 7) is 3.04. The van der Waals surface area contributed by atoms with Crippen LogP contribution in [0.2, 0.25) is 0 Å². The molecule has 0 N–H and O–H groups in total. The molecule has 23 heavy (non-hydrogen) atoms. The van der Waals surface area contributed by atoms with E-state index in [0.717, 1.165) is 25.2 Å². The molecule has 0 amide bonds. The molecular weight excluding hydrogens is 308 g/mol. The number of carbonyl (C=O) groups is 1. The second-order valence-electron chi connectivity index (χ2n) is 6.30. The van der Waals surface area contributed by atoms with E-state index >= 15 is 0 Å². The molecule has 0 radical (unpaired) electrons. The monoisotopic (exact) mass is 342 g/mol. The van der Waals surface area contributed by atoms with Crippen molar-refractivity contribution in [2.75, 3.05) is 19.5 Å². The third-order valence-electron chi connectivity index (χ3n) is 4.33. The predicted molar refractivity (Wildman–Crippen MR) is 98.8 cm³/mol. The van der Waals surface area contributed by atoms with E-state index in [4.69, 9.17) is 4.74 Å². The molecule has 1 atom stereocenters. The van der Waals surface area contributed by atoms with Crippen molar-refractivity contribution in [3.63, 3.8) is 0 Å². The van der Waals surface area contributed by atoms with Crippen LogP contribution >= 0.6 is 11.8 Å². The van der Waals surface area contributed by atoms with Gasteiger partial charge < -0.3 is 9.47 Å². The molecule has 1 aliphatic heterocycles. The Morgan fingerprint density at radius 2 is 1.70 bits per heavy atom. The minimum absolute atomic E-state index is 0.297. The molecule has 0 aliphatic carbocycles. The van der Waals surface area contributed by atoms with Crippen LogP contribution in [0.15, 0.2) is 12.2 Å². The fourth-order valence-corrected chi connectivity index (χ4v) is 4.05. The van der Waals surface area contributed by atoms with Crippen LogP contribution in [0.1, 0.15) is 77.6 Å². The molecule has 0 saturated carbocycles. The van der Waals surface area contributed by atoms with Gasteiger partial charge in [-0.05, 0) is 18.9 Å². The Balaban J connectivity index is 2.10. The summed E-state index contributed by atoms with van der Waals surface area (Å²) in [4.78, 5) is 11.0. The lowest BCUT2D eigenvalue weighted by Crippen LogP contribution is -2.21. The van der Waals surface area contributed by atoms with Crippen LogP contribution in [0.5, 0.6) is 0 Å². The number of rotatable bonds is 13. The standard InChI is InChI=1S/C19H34O3S/c1-3-4-5-6-7-8-9-10-11-12-14-19(22-16-17-23-19)15-13-18(20)21-2/h13,15H,3-12,14,16-17H2,1-2H3/b15-13+. The van der Waals surface area contributed by atoms with Crippen molar-refractivity contribution in [3.05, 3.63) is 12.2 Å². The number of esters is 1. The lowest BCUT2D eigenvalue weighted by molar-refractivity contribution is -0.134. The quantitative estimate of drug-likeness (QED) is 0.252. The van der Waals surface area contributed by atoms with Gasteiger partial charge in [-0.2, -0.15) is 0 Å². The van der Waals surface area contributed by atoms with Crippen molar-refractivity contribution in [1.29, 1.82) is 0 Å². The first kappa shape index (κ1) is 20.6. The second-order valence-corrected chi connectivity index (χ2v) is 7.69. The minimum atomic E-state index is -0.302. The highest BCUT2D eigenvalue weighted by molar-refractivity contribution is 8.00. The minimum Gasteiger partial charge on any atom is -0.466 e. The highest BCUT2D eigenvalue weighted by atomic mass is 32.2. The van der Waals surface area contributed by atoms with Crippen LogP contribution in [-0.4, -0.2) is 30.4 Å². The van der Waals surface area contributed by atoms with E-state index in [9.17, 15) is 4.79 Å². The zero-order valence-corrected chi connectivity index (χ0v) is 15.8. The van der Waals surface area contributed by atoms with Crippen LogP contribution in [0.25, 0.3) is 0 Å². The molecule has 4 heteroatoms. The van der Waals surface area contributed by atoms with E-state index in [0.29, 0.717) is 0 Å². The first-order valence-corrected chi connectivity index (χ1v) is 10.3. The van der Waals surface area contributed by atoms with Gasteiger partial charge in [0.15, 0.2) is 0 Å². The van der Waals surface area contributed by atoms with Gasteiger partial charge in [0.1, 0.15) is 4.93 Å². The average Bonchev–Trinajstić information content (AvgIpc) is 3.03. The van der Waals surface area contributed by atoms with E-state index in [1.165, 1.54) is 71.0 Å². The normalized spacial score (nSPS) is 21.1. The fourth-order valence-electron chi connectivity index (χ4n) is 2.92. The number of hydrogen-bond acceptors (Lipinski definition) is 4. The molecule has 0 spiro atoms. The van der Waals surface area contributed by atoms with Crippen LogP contribution in [-0.2, 0) is 14.3 Å². The largest absolute Gasteiger partial charge is 0.466 e. The third kappa shape index (κ3) is 9.41. The Kier molecular flexibility index (Phi) is 11.5. The molecule has 1 heterocycles. The van der Waals surface area contributed by atoms with Gasteiger partial charge in [0.05, 0.1) is 13.7 Å². The van der Waals surface area contributed by atoms with Crippen molar-refractivity contribution < 1.29 is 14.3 Å². The van der Waals surface area contributed by atoms with E-state index in [1.807, 2.05) is 6.08 Å². The summed E-state index contributed by atoms with van der Waals surface area (Å²) >= 11 is 1.80. The van der Waals surface area contributed by atoms with E-state index in [2.05, 4.69) is 11.7 Å². The zero-order valence-electron chi connectivity index (χ0n) is 15.0. The van der Waals surface area contributed by atoms with E-state index in [-0.39, 0.29) is 10.9 Å². The predicted octanol–water partition coefficient (Wildman–Crippen LogP) is 5.49. The Hall–Kier alpha value is -0.480. The molecule has 0 aromatic rings. The van der Waals surface area contributed by atoms with Gasteiger partial charge >= 0.3 is 5.97 Å². The van der Waals surface area contributed by atoms with Crippen LogP contribution < -0.4 is 0 Å². The van der Waals surface area contributed by atoms with Gasteiger partial charge in [0.25, 0.3) is 0 Å². The molecule has 0 aromatic carbocycles. The third-order valence-corrected chi connectivity index (χ3v) is 5.65. The number of hydrogen-bond donors (Lipinski definition) is 0. The Labute approximate surface area is 146 Å². The average molecular weight is 343 g/mol. The molecule has 1 aliphatic rings. The van der Waals surface area contributed by atoms with E-state index in [1.54, 1.807) is 11.8 Å². The molecule has 0 bridgehead atoms. The van der Waals surface area contributed by atoms with Crippen molar-refractivity contribution in [1.82, 2.24) is 0 Å². The van der Waals surface area contributed by atoms with Crippen molar-refractivity contribution in [2.45, 2.75) is 82.5 Å². The van der Waals surface area contributed by atoms with Crippen molar-refractivity contribution in [2.24, 2.45) is 0 Å². The van der Waals surface area contributed by atoms with Crippen molar-refractivity contribution >= 4 is 17.7 Å². The lowest BCUT2D eigenvalue weighted by Gasteiger charge is -2.23. The van der Waals surface area contributed by atoms with Gasteiger partial charge in [0, 0.05) is 11.8 Å². The number of ether oxygens (including phenoxy) is 2. The Bertz CT molecular complexity index is 336. The maximum absolute atomic E-state index is 11.3. The SMILES string of the molecule is CCCCCCCCCCCCC1(/C=C/C(=O)OC)OCCS1.